The summed E-state index contributed by atoms with van der Waals surface area (Å²) in [6.07, 6.45) is 6.59. The molecule has 5 atom stereocenters. The number of nitrogens with one attached hydrogen (secondary N) is 1. The first-order valence-corrected chi connectivity index (χ1v) is 7.94. The van der Waals surface area contributed by atoms with Crippen LogP contribution in [0.1, 0.15) is 53.9 Å². The molecule has 0 radical (unpaired) electrons. The number of allylic oxidation sites excluding steroid dienone is 3. The van der Waals surface area contributed by atoms with Crippen LogP contribution in [-0.4, -0.2) is 13.1 Å². The smallest absolute Gasteiger partial charge is 0.00987 e. The van der Waals surface area contributed by atoms with E-state index in [-0.39, 0.29) is 0 Å². The van der Waals surface area contributed by atoms with Crippen LogP contribution in [0.2, 0.25) is 0 Å². The summed E-state index contributed by atoms with van der Waals surface area (Å²) in [6.45, 7) is 11.8. The van der Waals surface area contributed by atoms with E-state index < -0.39 is 0 Å². The molecule has 19 heavy (non-hydrogen) atoms. The van der Waals surface area contributed by atoms with Crippen LogP contribution in [0.3, 0.4) is 0 Å². The van der Waals surface area contributed by atoms with Crippen molar-refractivity contribution in [2.75, 3.05) is 7.05 Å². The Morgan fingerprint density at radius 3 is 2.58 bits per heavy atom. The topological polar surface area (TPSA) is 12.0 Å². The van der Waals surface area contributed by atoms with Crippen molar-refractivity contribution >= 4 is 0 Å². The maximum absolute atomic E-state index is 3.44. The minimum absolute atomic E-state index is 0.596. The van der Waals surface area contributed by atoms with Gasteiger partial charge in [-0.3, -0.25) is 0 Å². The van der Waals surface area contributed by atoms with E-state index in [1.165, 1.54) is 19.3 Å². The van der Waals surface area contributed by atoms with Gasteiger partial charge < -0.3 is 5.32 Å². The van der Waals surface area contributed by atoms with Crippen molar-refractivity contribution in [3.8, 4) is 0 Å². The molecule has 0 heterocycles. The lowest BCUT2D eigenvalue weighted by Crippen LogP contribution is -2.30. The van der Waals surface area contributed by atoms with E-state index in [2.05, 4.69) is 53.1 Å². The van der Waals surface area contributed by atoms with E-state index in [0.717, 1.165) is 17.8 Å². The van der Waals surface area contributed by atoms with E-state index in [9.17, 15) is 0 Å². The Bertz CT molecular complexity index is 386. The Hall–Kier alpha value is -0.560. The molecule has 2 rings (SSSR count). The second-order valence-corrected chi connectivity index (χ2v) is 7.15. The zero-order valence-electron chi connectivity index (χ0n) is 13.6. The zero-order valence-corrected chi connectivity index (χ0v) is 13.6. The predicted octanol–water partition coefficient (Wildman–Crippen LogP) is 4.56. The molecule has 1 fully saturated rings. The summed E-state index contributed by atoms with van der Waals surface area (Å²) in [5.74, 6) is 3.25. The van der Waals surface area contributed by atoms with Gasteiger partial charge in [-0.05, 0) is 77.7 Å². The van der Waals surface area contributed by atoms with Crippen LogP contribution >= 0.6 is 0 Å². The Morgan fingerprint density at radius 1 is 1.32 bits per heavy atom. The second-order valence-electron chi connectivity index (χ2n) is 7.15. The molecule has 5 unspecified atom stereocenters. The summed E-state index contributed by atoms with van der Waals surface area (Å²) in [7, 11) is 2.09. The van der Waals surface area contributed by atoms with Gasteiger partial charge in [0, 0.05) is 6.04 Å². The number of rotatable bonds is 2. The standard InChI is InChI=1S/C18H31N/c1-11(2)15-9-17-12(3)7-16(14(5)19-6)8-13(4)18(17)10-15/h7,13-14,16-19H,8-10H2,1-6H3. The summed E-state index contributed by atoms with van der Waals surface area (Å²) in [5, 5.41) is 3.44. The van der Waals surface area contributed by atoms with E-state index in [1.807, 2.05) is 0 Å². The van der Waals surface area contributed by atoms with E-state index in [1.54, 1.807) is 16.7 Å². The van der Waals surface area contributed by atoms with Gasteiger partial charge in [0.25, 0.3) is 0 Å². The van der Waals surface area contributed by atoms with E-state index >= 15 is 0 Å². The summed E-state index contributed by atoms with van der Waals surface area (Å²) in [4.78, 5) is 0. The van der Waals surface area contributed by atoms with Gasteiger partial charge in [0.1, 0.15) is 0 Å². The molecule has 0 aromatic heterocycles. The van der Waals surface area contributed by atoms with Gasteiger partial charge in [-0.2, -0.15) is 0 Å². The third-order valence-electron chi connectivity index (χ3n) is 5.71. The van der Waals surface area contributed by atoms with Crippen molar-refractivity contribution in [2.45, 2.75) is 59.9 Å². The largest absolute Gasteiger partial charge is 0.317 e. The maximum Gasteiger partial charge on any atom is 0.00987 e. The van der Waals surface area contributed by atoms with Crippen molar-refractivity contribution in [3.63, 3.8) is 0 Å². The number of fused-ring (bicyclic) bond motifs is 1. The highest BCUT2D eigenvalue weighted by atomic mass is 14.9. The van der Waals surface area contributed by atoms with Crippen molar-refractivity contribution in [1.29, 1.82) is 0 Å². The first kappa shape index (κ1) is 14.8. The van der Waals surface area contributed by atoms with Crippen LogP contribution in [0.5, 0.6) is 0 Å². The lowest BCUT2D eigenvalue weighted by atomic mass is 9.80. The fourth-order valence-electron chi connectivity index (χ4n) is 4.13. The van der Waals surface area contributed by atoms with Gasteiger partial charge in [-0.1, -0.05) is 29.7 Å². The molecule has 2 aliphatic carbocycles. The van der Waals surface area contributed by atoms with Crippen LogP contribution in [0, 0.1) is 23.7 Å². The minimum atomic E-state index is 0.596. The summed E-state index contributed by atoms with van der Waals surface area (Å²) in [5.41, 5.74) is 4.95. The quantitative estimate of drug-likeness (QED) is 0.719. The fourth-order valence-corrected chi connectivity index (χ4v) is 4.13. The van der Waals surface area contributed by atoms with E-state index in [4.69, 9.17) is 0 Å². The molecule has 1 saturated carbocycles. The average molecular weight is 261 g/mol. The van der Waals surface area contributed by atoms with Gasteiger partial charge in [-0.25, -0.2) is 0 Å². The SMILES string of the molecule is CNC(C)C1C=C(C)C2CC(=C(C)C)CC2C(C)C1. The molecule has 0 bridgehead atoms. The molecule has 0 aromatic carbocycles. The zero-order chi connectivity index (χ0) is 14.2. The predicted molar refractivity (Wildman–Crippen MR) is 84.1 cm³/mol. The Morgan fingerprint density at radius 2 is 2.00 bits per heavy atom. The molecule has 0 saturated heterocycles. The van der Waals surface area contributed by atoms with Crippen LogP contribution in [-0.2, 0) is 0 Å². The third kappa shape index (κ3) is 2.97. The first-order valence-electron chi connectivity index (χ1n) is 7.94. The molecular formula is C18H31N. The molecule has 1 nitrogen and oxygen atoms in total. The Balaban J connectivity index is 2.25. The summed E-state index contributed by atoms with van der Waals surface area (Å²) < 4.78 is 0. The maximum atomic E-state index is 3.44. The molecule has 0 aromatic rings. The molecule has 0 amide bonds. The second kappa shape index (κ2) is 5.83. The van der Waals surface area contributed by atoms with Crippen molar-refractivity contribution in [1.82, 2.24) is 5.32 Å². The Labute approximate surface area is 119 Å². The van der Waals surface area contributed by atoms with Gasteiger partial charge in [0.05, 0.1) is 0 Å². The van der Waals surface area contributed by atoms with Gasteiger partial charge in [0.15, 0.2) is 0 Å². The molecule has 108 valence electrons. The highest BCUT2D eigenvalue weighted by Gasteiger charge is 2.38. The molecule has 2 aliphatic rings. The average Bonchev–Trinajstić information content (AvgIpc) is 2.77. The normalized spacial score (nSPS) is 36.5. The molecule has 1 heteroatoms. The molecule has 1 N–H and O–H groups in total. The number of hydrogen-bond acceptors (Lipinski definition) is 1. The molecule has 0 aliphatic heterocycles. The monoisotopic (exact) mass is 261 g/mol. The van der Waals surface area contributed by atoms with Crippen molar-refractivity contribution in [2.24, 2.45) is 23.7 Å². The lowest BCUT2D eigenvalue weighted by molar-refractivity contribution is 0.270. The van der Waals surface area contributed by atoms with Crippen molar-refractivity contribution in [3.05, 3.63) is 22.8 Å². The van der Waals surface area contributed by atoms with Gasteiger partial charge in [0.2, 0.25) is 0 Å². The van der Waals surface area contributed by atoms with Crippen LogP contribution in [0.4, 0.5) is 0 Å². The fraction of sp³-hybridized carbons (Fsp3) is 0.778. The minimum Gasteiger partial charge on any atom is -0.317 e. The van der Waals surface area contributed by atoms with Gasteiger partial charge in [-0.15, -0.1) is 0 Å². The van der Waals surface area contributed by atoms with E-state index in [0.29, 0.717) is 12.0 Å². The lowest BCUT2D eigenvalue weighted by Gasteiger charge is -2.26. The van der Waals surface area contributed by atoms with Gasteiger partial charge >= 0.3 is 0 Å². The molecule has 0 spiro atoms. The van der Waals surface area contributed by atoms with Crippen molar-refractivity contribution < 1.29 is 0 Å². The summed E-state index contributed by atoms with van der Waals surface area (Å²) >= 11 is 0. The first-order chi connectivity index (χ1) is 8.93. The summed E-state index contributed by atoms with van der Waals surface area (Å²) in [6, 6.07) is 0.596. The van der Waals surface area contributed by atoms with Crippen LogP contribution in [0.15, 0.2) is 22.8 Å². The highest BCUT2D eigenvalue weighted by Crippen LogP contribution is 2.49. The third-order valence-corrected chi connectivity index (χ3v) is 5.71. The van der Waals surface area contributed by atoms with Crippen LogP contribution in [0.25, 0.3) is 0 Å². The number of hydrogen-bond donors (Lipinski definition) is 1. The Kier molecular flexibility index (Phi) is 4.55. The molecular weight excluding hydrogens is 230 g/mol. The van der Waals surface area contributed by atoms with Crippen LogP contribution < -0.4 is 5.32 Å². The highest BCUT2D eigenvalue weighted by molar-refractivity contribution is 5.25.